The molecule has 122 valence electrons. The SMILES string of the molecule is CCCOc1cccc(CNC(=O)c2nccc3ccccc23)c1. The fraction of sp³-hybridized carbons (Fsp3) is 0.200. The van der Waals surface area contributed by atoms with Crippen molar-refractivity contribution in [3.8, 4) is 5.75 Å². The summed E-state index contributed by atoms with van der Waals surface area (Å²) in [7, 11) is 0. The van der Waals surface area contributed by atoms with Crippen molar-refractivity contribution in [1.29, 1.82) is 0 Å². The van der Waals surface area contributed by atoms with Crippen LogP contribution in [0.1, 0.15) is 29.4 Å². The molecule has 0 aliphatic heterocycles. The Kier molecular flexibility index (Phi) is 5.06. The van der Waals surface area contributed by atoms with Crippen LogP contribution in [0.2, 0.25) is 0 Å². The van der Waals surface area contributed by atoms with Gasteiger partial charge in [0.05, 0.1) is 6.61 Å². The van der Waals surface area contributed by atoms with Gasteiger partial charge in [0.1, 0.15) is 11.4 Å². The zero-order valence-corrected chi connectivity index (χ0v) is 13.7. The van der Waals surface area contributed by atoms with E-state index in [0.717, 1.165) is 28.5 Å². The van der Waals surface area contributed by atoms with Crippen LogP contribution in [0, 0.1) is 0 Å². The number of amides is 1. The smallest absolute Gasteiger partial charge is 0.270 e. The molecule has 0 fully saturated rings. The third-order valence-electron chi connectivity index (χ3n) is 3.71. The van der Waals surface area contributed by atoms with Crippen LogP contribution in [0.3, 0.4) is 0 Å². The van der Waals surface area contributed by atoms with Gasteiger partial charge in [0, 0.05) is 18.1 Å². The molecule has 1 amide bonds. The summed E-state index contributed by atoms with van der Waals surface area (Å²) in [5.41, 5.74) is 1.45. The summed E-state index contributed by atoms with van der Waals surface area (Å²) in [6.07, 6.45) is 2.63. The zero-order chi connectivity index (χ0) is 16.8. The number of hydrogen-bond donors (Lipinski definition) is 1. The molecule has 4 heteroatoms. The monoisotopic (exact) mass is 320 g/mol. The number of rotatable bonds is 6. The van der Waals surface area contributed by atoms with Crippen molar-refractivity contribution in [2.24, 2.45) is 0 Å². The minimum atomic E-state index is -0.174. The first-order chi connectivity index (χ1) is 11.8. The van der Waals surface area contributed by atoms with E-state index >= 15 is 0 Å². The van der Waals surface area contributed by atoms with Gasteiger partial charge in [-0.05, 0) is 35.6 Å². The van der Waals surface area contributed by atoms with Crippen LogP contribution in [0.25, 0.3) is 10.8 Å². The normalized spacial score (nSPS) is 10.5. The molecule has 3 aromatic rings. The van der Waals surface area contributed by atoms with Gasteiger partial charge < -0.3 is 10.1 Å². The number of nitrogens with one attached hydrogen (secondary N) is 1. The maximum Gasteiger partial charge on any atom is 0.270 e. The largest absolute Gasteiger partial charge is 0.494 e. The number of benzene rings is 2. The molecular weight excluding hydrogens is 300 g/mol. The molecule has 2 aromatic carbocycles. The highest BCUT2D eigenvalue weighted by Gasteiger charge is 2.11. The number of carbonyl (C=O) groups is 1. The van der Waals surface area contributed by atoms with E-state index in [-0.39, 0.29) is 5.91 Å². The highest BCUT2D eigenvalue weighted by molar-refractivity contribution is 6.05. The van der Waals surface area contributed by atoms with Gasteiger partial charge in [0.25, 0.3) is 5.91 Å². The first kappa shape index (κ1) is 16.0. The third-order valence-corrected chi connectivity index (χ3v) is 3.71. The molecule has 0 aliphatic rings. The molecule has 1 heterocycles. The lowest BCUT2D eigenvalue weighted by Crippen LogP contribution is -2.24. The van der Waals surface area contributed by atoms with Crippen molar-refractivity contribution in [3.05, 3.63) is 72.1 Å². The molecule has 1 N–H and O–H groups in total. The summed E-state index contributed by atoms with van der Waals surface area (Å²) < 4.78 is 5.62. The lowest BCUT2D eigenvalue weighted by atomic mass is 10.1. The maximum absolute atomic E-state index is 12.5. The van der Waals surface area contributed by atoms with Crippen molar-refractivity contribution in [2.45, 2.75) is 19.9 Å². The van der Waals surface area contributed by atoms with E-state index in [4.69, 9.17) is 4.74 Å². The summed E-state index contributed by atoms with van der Waals surface area (Å²) in [5, 5.41) is 4.80. The Morgan fingerprint density at radius 3 is 2.88 bits per heavy atom. The van der Waals surface area contributed by atoms with E-state index in [0.29, 0.717) is 18.8 Å². The van der Waals surface area contributed by atoms with Crippen LogP contribution in [-0.2, 0) is 6.54 Å². The zero-order valence-electron chi connectivity index (χ0n) is 13.7. The van der Waals surface area contributed by atoms with Gasteiger partial charge in [-0.1, -0.05) is 43.3 Å². The molecule has 4 nitrogen and oxygen atoms in total. The average Bonchev–Trinajstić information content (AvgIpc) is 2.64. The summed E-state index contributed by atoms with van der Waals surface area (Å²) in [4.78, 5) is 16.7. The lowest BCUT2D eigenvalue weighted by molar-refractivity contribution is 0.0947. The molecule has 0 aliphatic carbocycles. The van der Waals surface area contributed by atoms with E-state index in [1.165, 1.54) is 0 Å². The molecule has 0 saturated heterocycles. The highest BCUT2D eigenvalue weighted by atomic mass is 16.5. The molecular formula is C20H20N2O2. The van der Waals surface area contributed by atoms with Crippen LogP contribution in [0.5, 0.6) is 5.75 Å². The van der Waals surface area contributed by atoms with Crippen molar-refractivity contribution < 1.29 is 9.53 Å². The van der Waals surface area contributed by atoms with Gasteiger partial charge >= 0.3 is 0 Å². The van der Waals surface area contributed by atoms with Gasteiger partial charge in [0.2, 0.25) is 0 Å². The molecule has 0 radical (unpaired) electrons. The molecule has 0 atom stereocenters. The minimum Gasteiger partial charge on any atom is -0.494 e. The maximum atomic E-state index is 12.5. The van der Waals surface area contributed by atoms with Gasteiger partial charge in [-0.2, -0.15) is 0 Å². The Labute approximate surface area is 141 Å². The first-order valence-corrected chi connectivity index (χ1v) is 8.11. The molecule has 3 rings (SSSR count). The number of pyridine rings is 1. The number of hydrogen-bond acceptors (Lipinski definition) is 3. The molecule has 0 unspecified atom stereocenters. The standard InChI is InChI=1S/C20H20N2O2/c1-2-12-24-17-8-5-6-15(13-17)14-22-20(23)19-18-9-4-3-7-16(18)10-11-21-19/h3-11,13H,2,12,14H2,1H3,(H,22,23). The fourth-order valence-electron chi connectivity index (χ4n) is 2.53. The second kappa shape index (κ2) is 7.59. The summed E-state index contributed by atoms with van der Waals surface area (Å²) >= 11 is 0. The quantitative estimate of drug-likeness (QED) is 0.748. The lowest BCUT2D eigenvalue weighted by Gasteiger charge is -2.09. The Morgan fingerprint density at radius 1 is 1.12 bits per heavy atom. The number of fused-ring (bicyclic) bond motifs is 1. The van der Waals surface area contributed by atoms with Crippen LogP contribution in [-0.4, -0.2) is 17.5 Å². The second-order valence-corrected chi connectivity index (χ2v) is 5.56. The van der Waals surface area contributed by atoms with Gasteiger partial charge in [-0.25, -0.2) is 0 Å². The number of aromatic nitrogens is 1. The summed E-state index contributed by atoms with van der Waals surface area (Å²) in [6.45, 7) is 3.20. The van der Waals surface area contributed by atoms with E-state index in [2.05, 4.69) is 17.2 Å². The van der Waals surface area contributed by atoms with Crippen molar-refractivity contribution >= 4 is 16.7 Å². The Morgan fingerprint density at radius 2 is 2.00 bits per heavy atom. The topological polar surface area (TPSA) is 51.2 Å². The summed E-state index contributed by atoms with van der Waals surface area (Å²) in [6, 6.07) is 17.4. The second-order valence-electron chi connectivity index (χ2n) is 5.56. The van der Waals surface area contributed by atoms with Crippen LogP contribution in [0.15, 0.2) is 60.8 Å². The van der Waals surface area contributed by atoms with E-state index in [1.54, 1.807) is 6.20 Å². The van der Waals surface area contributed by atoms with E-state index in [1.807, 2.05) is 54.6 Å². The van der Waals surface area contributed by atoms with Crippen molar-refractivity contribution in [1.82, 2.24) is 10.3 Å². The van der Waals surface area contributed by atoms with Gasteiger partial charge in [-0.15, -0.1) is 0 Å². The number of ether oxygens (including phenoxy) is 1. The Bertz CT molecular complexity index is 840. The summed E-state index contributed by atoms with van der Waals surface area (Å²) in [5.74, 6) is 0.651. The molecule has 0 saturated carbocycles. The van der Waals surface area contributed by atoms with Crippen LogP contribution < -0.4 is 10.1 Å². The van der Waals surface area contributed by atoms with E-state index < -0.39 is 0 Å². The van der Waals surface area contributed by atoms with E-state index in [9.17, 15) is 4.79 Å². The van der Waals surface area contributed by atoms with Gasteiger partial charge in [0.15, 0.2) is 0 Å². The van der Waals surface area contributed by atoms with Crippen molar-refractivity contribution in [2.75, 3.05) is 6.61 Å². The minimum absolute atomic E-state index is 0.174. The first-order valence-electron chi connectivity index (χ1n) is 8.11. The molecule has 1 aromatic heterocycles. The predicted octanol–water partition coefficient (Wildman–Crippen LogP) is 3.95. The fourth-order valence-corrected chi connectivity index (χ4v) is 2.53. The average molecular weight is 320 g/mol. The third kappa shape index (κ3) is 3.71. The highest BCUT2D eigenvalue weighted by Crippen LogP contribution is 2.17. The molecule has 0 bridgehead atoms. The number of nitrogens with zero attached hydrogens (tertiary/aromatic N) is 1. The van der Waals surface area contributed by atoms with Crippen LogP contribution >= 0.6 is 0 Å². The molecule has 0 spiro atoms. The predicted molar refractivity (Wildman–Crippen MR) is 95.1 cm³/mol. The van der Waals surface area contributed by atoms with Gasteiger partial charge in [-0.3, -0.25) is 9.78 Å². The number of carbonyl (C=O) groups excluding carboxylic acids is 1. The molecule has 24 heavy (non-hydrogen) atoms. The Hall–Kier alpha value is -2.88. The van der Waals surface area contributed by atoms with Crippen molar-refractivity contribution in [3.63, 3.8) is 0 Å². The van der Waals surface area contributed by atoms with Crippen LogP contribution in [0.4, 0.5) is 0 Å². The Balaban J connectivity index is 1.71.